The van der Waals surface area contributed by atoms with Crippen LogP contribution >= 0.6 is 0 Å². The lowest BCUT2D eigenvalue weighted by Crippen LogP contribution is -2.52. The van der Waals surface area contributed by atoms with Crippen molar-refractivity contribution >= 4 is 23.5 Å². The lowest BCUT2D eigenvalue weighted by molar-refractivity contribution is -0.139. The van der Waals surface area contributed by atoms with Gasteiger partial charge < -0.3 is 15.5 Å². The first-order valence-electron chi connectivity index (χ1n) is 8.74. The van der Waals surface area contributed by atoms with E-state index in [1.165, 1.54) is 0 Å². The van der Waals surface area contributed by atoms with Crippen molar-refractivity contribution in [3.63, 3.8) is 0 Å². The molecule has 0 bridgehead atoms. The van der Waals surface area contributed by atoms with Crippen molar-refractivity contribution in [2.45, 2.75) is 31.8 Å². The summed E-state index contributed by atoms with van der Waals surface area (Å²) < 4.78 is 0. The maximum absolute atomic E-state index is 12.7. The molecule has 3 amide bonds. The van der Waals surface area contributed by atoms with E-state index in [0.29, 0.717) is 18.8 Å². The fourth-order valence-electron chi connectivity index (χ4n) is 3.18. The largest absolute Gasteiger partial charge is 0.344 e. The second-order valence-corrected chi connectivity index (χ2v) is 6.42. The predicted molar refractivity (Wildman–Crippen MR) is 97.0 cm³/mol. The van der Waals surface area contributed by atoms with Crippen molar-refractivity contribution in [1.29, 1.82) is 0 Å². The summed E-state index contributed by atoms with van der Waals surface area (Å²) in [5.41, 5.74) is 0. The molecule has 1 aliphatic carbocycles. The molecular formula is C19H22N4O3. The van der Waals surface area contributed by atoms with Crippen LogP contribution in [0.5, 0.6) is 0 Å². The van der Waals surface area contributed by atoms with Crippen molar-refractivity contribution in [2.24, 2.45) is 5.92 Å². The first-order chi connectivity index (χ1) is 12.6. The van der Waals surface area contributed by atoms with E-state index in [-0.39, 0.29) is 23.6 Å². The SMILES string of the molecule is C[C@H](NC(=O)C1C=CC=C1)C(=O)N1CCC[C@@H]1C(=O)Nc1ccccn1. The lowest BCUT2D eigenvalue weighted by atomic mass is 10.1. The molecule has 0 saturated carbocycles. The number of carbonyl (C=O) groups is 3. The van der Waals surface area contributed by atoms with E-state index in [4.69, 9.17) is 0 Å². The number of likely N-dealkylation sites (tertiary alicyclic amines) is 1. The fourth-order valence-corrected chi connectivity index (χ4v) is 3.18. The molecule has 0 unspecified atom stereocenters. The van der Waals surface area contributed by atoms with E-state index in [2.05, 4.69) is 15.6 Å². The van der Waals surface area contributed by atoms with Crippen LogP contribution in [0, 0.1) is 5.92 Å². The number of nitrogens with zero attached hydrogens (tertiary/aromatic N) is 2. The highest BCUT2D eigenvalue weighted by molar-refractivity contribution is 5.98. The van der Waals surface area contributed by atoms with E-state index >= 15 is 0 Å². The number of hydrogen-bond acceptors (Lipinski definition) is 4. The second-order valence-electron chi connectivity index (χ2n) is 6.42. The van der Waals surface area contributed by atoms with Crippen LogP contribution < -0.4 is 10.6 Å². The Kier molecular flexibility index (Phi) is 5.46. The van der Waals surface area contributed by atoms with Gasteiger partial charge in [-0.05, 0) is 31.9 Å². The number of carbonyl (C=O) groups excluding carboxylic acids is 3. The molecular weight excluding hydrogens is 332 g/mol. The van der Waals surface area contributed by atoms with Crippen molar-refractivity contribution in [3.05, 3.63) is 48.7 Å². The van der Waals surface area contributed by atoms with Crippen molar-refractivity contribution in [1.82, 2.24) is 15.2 Å². The summed E-state index contributed by atoms with van der Waals surface area (Å²) in [4.78, 5) is 43.1. The van der Waals surface area contributed by atoms with Crippen LogP contribution in [0.3, 0.4) is 0 Å². The zero-order valence-electron chi connectivity index (χ0n) is 14.6. The molecule has 26 heavy (non-hydrogen) atoms. The Labute approximate surface area is 152 Å². The minimum atomic E-state index is -0.687. The van der Waals surface area contributed by atoms with Crippen molar-refractivity contribution in [2.75, 3.05) is 11.9 Å². The smallest absolute Gasteiger partial charge is 0.248 e. The van der Waals surface area contributed by atoms with Crippen LogP contribution in [0.1, 0.15) is 19.8 Å². The molecule has 2 aliphatic rings. The topological polar surface area (TPSA) is 91.4 Å². The Morgan fingerprint density at radius 1 is 1.19 bits per heavy atom. The van der Waals surface area contributed by atoms with Gasteiger partial charge in [0.1, 0.15) is 17.9 Å². The number of anilines is 1. The highest BCUT2D eigenvalue weighted by Crippen LogP contribution is 2.20. The monoisotopic (exact) mass is 354 g/mol. The van der Waals surface area contributed by atoms with Crippen LogP contribution in [0.15, 0.2) is 48.7 Å². The normalized spacial score (nSPS) is 20.2. The Morgan fingerprint density at radius 2 is 1.96 bits per heavy atom. The van der Waals surface area contributed by atoms with Gasteiger partial charge in [-0.25, -0.2) is 4.98 Å². The second kappa shape index (κ2) is 7.95. The van der Waals surface area contributed by atoms with Gasteiger partial charge in [-0.15, -0.1) is 0 Å². The first-order valence-corrected chi connectivity index (χ1v) is 8.74. The number of pyridine rings is 1. The van der Waals surface area contributed by atoms with E-state index in [0.717, 1.165) is 6.42 Å². The zero-order chi connectivity index (χ0) is 18.5. The highest BCUT2D eigenvalue weighted by Gasteiger charge is 2.36. The van der Waals surface area contributed by atoms with Gasteiger partial charge in [-0.1, -0.05) is 30.4 Å². The Bertz CT molecular complexity index is 732. The van der Waals surface area contributed by atoms with Gasteiger partial charge in [-0.3, -0.25) is 14.4 Å². The first kappa shape index (κ1) is 17.8. The van der Waals surface area contributed by atoms with Gasteiger partial charge in [0, 0.05) is 12.7 Å². The molecule has 1 aromatic rings. The molecule has 1 aliphatic heterocycles. The van der Waals surface area contributed by atoms with Gasteiger partial charge in [0.2, 0.25) is 17.7 Å². The molecule has 7 nitrogen and oxygen atoms in total. The number of amides is 3. The molecule has 0 aromatic carbocycles. The van der Waals surface area contributed by atoms with E-state index in [1.807, 2.05) is 0 Å². The van der Waals surface area contributed by atoms with Gasteiger partial charge in [-0.2, -0.15) is 0 Å². The van der Waals surface area contributed by atoms with Crippen LogP contribution in [-0.4, -0.2) is 46.2 Å². The predicted octanol–water partition coefficient (Wildman–Crippen LogP) is 1.26. The number of hydrogen-bond donors (Lipinski definition) is 2. The van der Waals surface area contributed by atoms with Gasteiger partial charge >= 0.3 is 0 Å². The molecule has 136 valence electrons. The minimum Gasteiger partial charge on any atom is -0.344 e. The van der Waals surface area contributed by atoms with Crippen LogP contribution in [0.2, 0.25) is 0 Å². The summed E-state index contributed by atoms with van der Waals surface area (Å²) in [5.74, 6) is -0.604. The summed E-state index contributed by atoms with van der Waals surface area (Å²) in [6, 6.07) is 4.01. The van der Waals surface area contributed by atoms with Crippen LogP contribution in [-0.2, 0) is 14.4 Å². The summed E-state index contributed by atoms with van der Waals surface area (Å²) in [6.45, 7) is 2.15. The van der Waals surface area contributed by atoms with Gasteiger partial charge in [0.15, 0.2) is 0 Å². The summed E-state index contributed by atoms with van der Waals surface area (Å²) >= 11 is 0. The van der Waals surface area contributed by atoms with Crippen LogP contribution in [0.25, 0.3) is 0 Å². The van der Waals surface area contributed by atoms with E-state index in [9.17, 15) is 14.4 Å². The third-order valence-corrected chi connectivity index (χ3v) is 4.53. The summed E-state index contributed by atoms with van der Waals surface area (Å²) in [5, 5.41) is 5.47. The Morgan fingerprint density at radius 3 is 2.65 bits per heavy atom. The molecule has 2 N–H and O–H groups in total. The maximum Gasteiger partial charge on any atom is 0.248 e. The van der Waals surface area contributed by atoms with E-state index in [1.54, 1.807) is 60.5 Å². The molecule has 2 heterocycles. The quantitative estimate of drug-likeness (QED) is 0.833. The maximum atomic E-state index is 12.7. The average molecular weight is 354 g/mol. The number of aromatic nitrogens is 1. The van der Waals surface area contributed by atoms with Crippen LogP contribution in [0.4, 0.5) is 5.82 Å². The Hall–Kier alpha value is -2.96. The molecule has 1 aromatic heterocycles. The molecule has 2 atom stereocenters. The minimum absolute atomic E-state index is 0.218. The standard InChI is InChI=1S/C19H22N4O3/c1-13(21-17(24)14-7-2-3-8-14)19(26)23-12-6-9-15(23)18(25)22-16-10-4-5-11-20-16/h2-5,7-8,10-11,13-15H,6,9,12H2,1H3,(H,21,24)(H,20,22,25)/t13-,15+/m0/s1. The average Bonchev–Trinajstić information content (AvgIpc) is 3.33. The number of nitrogens with one attached hydrogen (secondary N) is 2. The zero-order valence-corrected chi connectivity index (χ0v) is 14.6. The third-order valence-electron chi connectivity index (χ3n) is 4.53. The summed E-state index contributed by atoms with van der Waals surface area (Å²) in [6.07, 6.45) is 10.1. The van der Waals surface area contributed by atoms with Gasteiger partial charge in [0.05, 0.1) is 5.92 Å². The fraction of sp³-hybridized carbons (Fsp3) is 0.368. The third kappa shape index (κ3) is 3.99. The summed E-state index contributed by atoms with van der Waals surface area (Å²) in [7, 11) is 0. The molecule has 1 fully saturated rings. The van der Waals surface area contributed by atoms with Gasteiger partial charge in [0.25, 0.3) is 0 Å². The molecule has 3 rings (SSSR count). The molecule has 1 saturated heterocycles. The molecule has 0 spiro atoms. The van der Waals surface area contributed by atoms with Crippen molar-refractivity contribution < 1.29 is 14.4 Å². The lowest BCUT2D eigenvalue weighted by Gasteiger charge is -2.27. The molecule has 7 heteroatoms. The van der Waals surface area contributed by atoms with E-state index < -0.39 is 12.1 Å². The number of allylic oxidation sites excluding steroid dienone is 2. The van der Waals surface area contributed by atoms with Crippen molar-refractivity contribution in [3.8, 4) is 0 Å². The molecule has 0 radical (unpaired) electrons. The Balaban J connectivity index is 1.60. The highest BCUT2D eigenvalue weighted by atomic mass is 16.2. The number of rotatable bonds is 5.